The molecule has 0 aliphatic carbocycles. The lowest BCUT2D eigenvalue weighted by Crippen LogP contribution is -2.49. The van der Waals surface area contributed by atoms with Gasteiger partial charge in [-0.1, -0.05) is 19.1 Å². The van der Waals surface area contributed by atoms with Gasteiger partial charge >= 0.3 is 13.2 Å². The fourth-order valence-corrected chi connectivity index (χ4v) is 4.70. The molecule has 3 heterocycles. The number of ether oxygens (including phenoxy) is 1. The van der Waals surface area contributed by atoms with Crippen molar-refractivity contribution >= 4 is 35.5 Å². The molecule has 1 amide bonds. The molecule has 0 spiro atoms. The van der Waals surface area contributed by atoms with Crippen LogP contribution in [0.4, 0.5) is 10.7 Å². The monoisotopic (exact) mass is 496 g/mol. The molecular formula is C27H41BN4O4. The van der Waals surface area contributed by atoms with Crippen molar-refractivity contribution in [2.75, 3.05) is 18.4 Å². The van der Waals surface area contributed by atoms with E-state index in [1.54, 1.807) is 0 Å². The molecule has 2 fully saturated rings. The van der Waals surface area contributed by atoms with Gasteiger partial charge in [0.25, 0.3) is 0 Å². The number of likely N-dealkylation sites (tertiary alicyclic amines) is 1. The first-order valence-electron chi connectivity index (χ1n) is 13.2. The number of nitrogens with one attached hydrogen (secondary N) is 1. The van der Waals surface area contributed by atoms with Gasteiger partial charge in [-0.2, -0.15) is 0 Å². The largest absolute Gasteiger partial charge is 0.494 e. The number of carbonyl (C=O) groups is 1. The summed E-state index contributed by atoms with van der Waals surface area (Å²) in [6.07, 6.45) is 5.44. The zero-order valence-electron chi connectivity index (χ0n) is 23.1. The van der Waals surface area contributed by atoms with Gasteiger partial charge in [-0.3, -0.25) is 0 Å². The van der Waals surface area contributed by atoms with Gasteiger partial charge < -0.3 is 24.3 Å². The van der Waals surface area contributed by atoms with Crippen molar-refractivity contribution in [3.63, 3.8) is 0 Å². The van der Waals surface area contributed by atoms with Crippen LogP contribution in [-0.2, 0) is 20.5 Å². The van der Waals surface area contributed by atoms with Gasteiger partial charge in [-0.05, 0) is 85.2 Å². The standard InChI is InChI=1S/C27H41BN4O4/c1-9-18-14-20(28-35-26(5,6)27(7,8)36-28)15-19-16-29-23(31-22(18)19)30-17-21-12-10-11-13-32(21)24(33)34-25(2,3)4/h14-16,21H,9-13,17H2,1-8H3,(H,29,30,31)/t21-/m0/s1. The third kappa shape index (κ3) is 5.62. The number of piperidine rings is 1. The Morgan fingerprint density at radius 2 is 1.89 bits per heavy atom. The number of fused-ring (bicyclic) bond motifs is 1. The molecule has 8 nitrogen and oxygen atoms in total. The number of aryl methyl sites for hydroxylation is 1. The molecule has 0 bridgehead atoms. The van der Waals surface area contributed by atoms with Crippen LogP contribution in [0.1, 0.15) is 80.2 Å². The Bertz CT molecular complexity index is 1100. The third-order valence-corrected chi connectivity index (χ3v) is 7.44. The third-order valence-electron chi connectivity index (χ3n) is 7.44. The van der Waals surface area contributed by atoms with Gasteiger partial charge in [0, 0.05) is 24.7 Å². The summed E-state index contributed by atoms with van der Waals surface area (Å²) < 4.78 is 18.2. The molecule has 36 heavy (non-hydrogen) atoms. The van der Waals surface area contributed by atoms with Crippen LogP contribution in [0.5, 0.6) is 0 Å². The van der Waals surface area contributed by atoms with E-state index in [9.17, 15) is 4.79 Å². The number of hydrogen-bond acceptors (Lipinski definition) is 7. The summed E-state index contributed by atoms with van der Waals surface area (Å²) in [7, 11) is -0.423. The number of hydrogen-bond donors (Lipinski definition) is 1. The lowest BCUT2D eigenvalue weighted by Gasteiger charge is -2.36. The summed E-state index contributed by atoms with van der Waals surface area (Å²) >= 11 is 0. The summed E-state index contributed by atoms with van der Waals surface area (Å²) in [6.45, 7) is 17.4. The molecule has 0 radical (unpaired) electrons. The molecule has 1 N–H and O–H groups in total. The normalized spacial score (nSPS) is 21.6. The average Bonchev–Trinajstić information content (AvgIpc) is 3.02. The van der Waals surface area contributed by atoms with Crippen LogP contribution >= 0.6 is 0 Å². The fourth-order valence-electron chi connectivity index (χ4n) is 4.70. The van der Waals surface area contributed by atoms with Crippen LogP contribution in [0.2, 0.25) is 0 Å². The van der Waals surface area contributed by atoms with Crippen molar-refractivity contribution in [3.8, 4) is 0 Å². The minimum Gasteiger partial charge on any atom is -0.444 e. The highest BCUT2D eigenvalue weighted by atomic mass is 16.7. The summed E-state index contributed by atoms with van der Waals surface area (Å²) in [6, 6.07) is 4.24. The molecule has 2 aliphatic heterocycles. The molecule has 2 aromatic rings. The van der Waals surface area contributed by atoms with Crippen LogP contribution in [0.3, 0.4) is 0 Å². The molecule has 0 saturated carbocycles. The molecule has 0 unspecified atom stereocenters. The lowest BCUT2D eigenvalue weighted by atomic mass is 9.77. The Morgan fingerprint density at radius 3 is 2.53 bits per heavy atom. The number of amides is 1. The highest BCUT2D eigenvalue weighted by molar-refractivity contribution is 6.62. The second-order valence-electron chi connectivity index (χ2n) is 12.0. The van der Waals surface area contributed by atoms with Crippen LogP contribution in [-0.4, -0.2) is 64.0 Å². The van der Waals surface area contributed by atoms with Crippen molar-refractivity contribution < 1.29 is 18.8 Å². The first-order valence-corrected chi connectivity index (χ1v) is 13.2. The highest BCUT2D eigenvalue weighted by Crippen LogP contribution is 2.36. The van der Waals surface area contributed by atoms with E-state index in [4.69, 9.17) is 19.0 Å². The minimum absolute atomic E-state index is 0.0456. The van der Waals surface area contributed by atoms with E-state index in [2.05, 4.69) is 57.1 Å². The second-order valence-corrected chi connectivity index (χ2v) is 12.0. The number of anilines is 1. The maximum Gasteiger partial charge on any atom is 0.494 e. The Labute approximate surface area is 215 Å². The second kappa shape index (κ2) is 9.82. The van der Waals surface area contributed by atoms with Crippen LogP contribution in [0, 0.1) is 0 Å². The van der Waals surface area contributed by atoms with Crippen molar-refractivity contribution in [2.24, 2.45) is 0 Å². The van der Waals surface area contributed by atoms with E-state index in [0.29, 0.717) is 19.0 Å². The van der Waals surface area contributed by atoms with Gasteiger partial charge in [0.1, 0.15) is 5.60 Å². The maximum absolute atomic E-state index is 12.7. The topological polar surface area (TPSA) is 85.8 Å². The van der Waals surface area contributed by atoms with E-state index in [1.165, 1.54) is 0 Å². The molecule has 1 aromatic carbocycles. The highest BCUT2D eigenvalue weighted by Gasteiger charge is 2.51. The van der Waals surface area contributed by atoms with E-state index in [-0.39, 0.29) is 12.1 Å². The number of aromatic nitrogens is 2. The molecule has 196 valence electrons. The first kappa shape index (κ1) is 26.7. The van der Waals surface area contributed by atoms with Crippen LogP contribution < -0.4 is 10.8 Å². The van der Waals surface area contributed by atoms with E-state index in [1.807, 2.05) is 31.9 Å². The Balaban J connectivity index is 1.51. The molecule has 2 saturated heterocycles. The van der Waals surface area contributed by atoms with E-state index in [0.717, 1.165) is 47.6 Å². The lowest BCUT2D eigenvalue weighted by molar-refractivity contribution is 0.00578. The van der Waals surface area contributed by atoms with Crippen molar-refractivity contribution in [1.29, 1.82) is 0 Å². The SMILES string of the molecule is CCc1cc(B2OC(C)(C)C(C)(C)O2)cc2cnc(NC[C@@H]3CCCCN3C(=O)OC(C)(C)C)nc12. The van der Waals surface area contributed by atoms with Gasteiger partial charge in [-0.25, -0.2) is 14.8 Å². The average molecular weight is 496 g/mol. The summed E-state index contributed by atoms with van der Waals surface area (Å²) in [5.74, 6) is 0.565. The molecule has 2 aliphatic rings. The van der Waals surface area contributed by atoms with E-state index >= 15 is 0 Å². The summed E-state index contributed by atoms with van der Waals surface area (Å²) in [5, 5.41) is 4.33. The molecule has 4 rings (SSSR count). The van der Waals surface area contributed by atoms with Gasteiger partial charge in [0.15, 0.2) is 0 Å². The molecular weight excluding hydrogens is 455 g/mol. The van der Waals surface area contributed by atoms with Crippen molar-refractivity contribution in [3.05, 3.63) is 23.9 Å². The number of benzene rings is 1. The predicted octanol–water partition coefficient (Wildman–Crippen LogP) is 4.69. The molecule has 1 atom stereocenters. The minimum atomic E-state index is -0.510. The zero-order valence-corrected chi connectivity index (χ0v) is 23.1. The van der Waals surface area contributed by atoms with Gasteiger partial charge in [0.2, 0.25) is 5.95 Å². The smallest absolute Gasteiger partial charge is 0.444 e. The quantitative estimate of drug-likeness (QED) is 0.601. The Kier molecular flexibility index (Phi) is 7.28. The van der Waals surface area contributed by atoms with E-state index < -0.39 is 23.9 Å². The first-order chi connectivity index (χ1) is 16.8. The Hall–Kier alpha value is -2.39. The Morgan fingerprint density at radius 1 is 1.19 bits per heavy atom. The molecule has 9 heteroatoms. The number of nitrogens with zero attached hydrogens (tertiary/aromatic N) is 3. The van der Waals surface area contributed by atoms with Crippen molar-refractivity contribution in [1.82, 2.24) is 14.9 Å². The number of carbonyl (C=O) groups excluding carboxylic acids is 1. The van der Waals surface area contributed by atoms with Crippen molar-refractivity contribution in [2.45, 2.75) is 104 Å². The van der Waals surface area contributed by atoms with Gasteiger partial charge in [-0.15, -0.1) is 0 Å². The fraction of sp³-hybridized carbons (Fsp3) is 0.667. The van der Waals surface area contributed by atoms with Gasteiger partial charge in [0.05, 0.1) is 22.8 Å². The maximum atomic E-state index is 12.7. The summed E-state index contributed by atoms with van der Waals surface area (Å²) in [4.78, 5) is 24.0. The zero-order chi connectivity index (χ0) is 26.3. The van der Waals surface area contributed by atoms with Crippen LogP contribution in [0.25, 0.3) is 10.9 Å². The van der Waals surface area contributed by atoms with Crippen LogP contribution in [0.15, 0.2) is 18.3 Å². The molecule has 1 aromatic heterocycles. The predicted molar refractivity (Wildman–Crippen MR) is 144 cm³/mol. The summed E-state index contributed by atoms with van der Waals surface area (Å²) in [5.41, 5.74) is 1.73. The number of rotatable bonds is 5.